The molecule has 0 aliphatic carbocycles. The van der Waals surface area contributed by atoms with Crippen molar-refractivity contribution in [1.82, 2.24) is 10.3 Å². The summed E-state index contributed by atoms with van der Waals surface area (Å²) in [6.07, 6.45) is 3.13. The Morgan fingerprint density at radius 2 is 1.59 bits per heavy atom. The summed E-state index contributed by atoms with van der Waals surface area (Å²) >= 11 is 1.31. The molecule has 204 valence electrons. The van der Waals surface area contributed by atoms with Gasteiger partial charge in [-0.05, 0) is 66.1 Å². The van der Waals surface area contributed by atoms with E-state index in [1.54, 1.807) is 60.7 Å². The quantitative estimate of drug-likeness (QED) is 0.122. The van der Waals surface area contributed by atoms with Crippen molar-refractivity contribution in [3.8, 4) is 0 Å². The first-order chi connectivity index (χ1) is 19.9. The predicted molar refractivity (Wildman–Crippen MR) is 161 cm³/mol. The maximum Gasteiger partial charge on any atom is 0.272 e. The van der Waals surface area contributed by atoms with Gasteiger partial charge in [0.15, 0.2) is 0 Å². The van der Waals surface area contributed by atoms with Crippen LogP contribution in [-0.2, 0) is 9.59 Å². The molecule has 0 aliphatic rings. The number of carbonyl (C=O) groups is 3. The lowest BCUT2D eigenvalue weighted by Gasteiger charge is -2.12. The van der Waals surface area contributed by atoms with E-state index in [1.165, 1.54) is 30.0 Å². The Kier molecular flexibility index (Phi) is 8.56. The van der Waals surface area contributed by atoms with Crippen molar-refractivity contribution >= 4 is 57.8 Å². The first kappa shape index (κ1) is 27.4. The van der Waals surface area contributed by atoms with Gasteiger partial charge in [0, 0.05) is 39.1 Å². The second kappa shape index (κ2) is 12.8. The number of aromatic amines is 1. The molecule has 4 aromatic carbocycles. The number of thioether (sulfide) groups is 1. The molecule has 0 fully saturated rings. The van der Waals surface area contributed by atoms with Crippen LogP contribution in [0.5, 0.6) is 0 Å². The third-order valence-corrected chi connectivity index (χ3v) is 7.03. The van der Waals surface area contributed by atoms with Crippen LogP contribution < -0.4 is 16.0 Å². The van der Waals surface area contributed by atoms with E-state index in [9.17, 15) is 18.8 Å². The molecule has 0 unspecified atom stereocenters. The number of rotatable bonds is 9. The molecule has 0 bridgehead atoms. The average molecular weight is 565 g/mol. The molecule has 7 nitrogen and oxygen atoms in total. The highest BCUT2D eigenvalue weighted by Gasteiger charge is 2.16. The Morgan fingerprint density at radius 1 is 0.805 bits per heavy atom. The SMILES string of the molecule is O=C(CSc1cccc(NC(=O)/C(=C/c2ccccc2F)NC(=O)c2ccccc2)c1)Nc1ccc2cc[nH]c2c1. The van der Waals surface area contributed by atoms with Gasteiger partial charge in [0.05, 0.1) is 5.75 Å². The summed E-state index contributed by atoms with van der Waals surface area (Å²) in [5.41, 5.74) is 2.45. The molecule has 0 radical (unpaired) electrons. The van der Waals surface area contributed by atoms with Gasteiger partial charge in [-0.2, -0.15) is 0 Å². The zero-order valence-corrected chi connectivity index (χ0v) is 22.5. The highest BCUT2D eigenvalue weighted by Crippen LogP contribution is 2.23. The lowest BCUT2D eigenvalue weighted by molar-refractivity contribution is -0.114. The van der Waals surface area contributed by atoms with E-state index in [-0.39, 0.29) is 22.9 Å². The largest absolute Gasteiger partial charge is 0.361 e. The van der Waals surface area contributed by atoms with E-state index in [1.807, 2.05) is 36.5 Å². The predicted octanol–water partition coefficient (Wildman–Crippen LogP) is 6.45. The number of fused-ring (bicyclic) bond motifs is 1. The summed E-state index contributed by atoms with van der Waals surface area (Å²) in [6.45, 7) is 0. The molecule has 0 spiro atoms. The second-order valence-electron chi connectivity index (χ2n) is 9.00. The summed E-state index contributed by atoms with van der Waals surface area (Å²) in [6, 6.07) is 29.0. The molecule has 0 saturated heterocycles. The summed E-state index contributed by atoms with van der Waals surface area (Å²) < 4.78 is 14.4. The van der Waals surface area contributed by atoms with E-state index in [2.05, 4.69) is 20.9 Å². The van der Waals surface area contributed by atoms with Crippen LogP contribution in [0.1, 0.15) is 15.9 Å². The fraction of sp³-hybridized carbons (Fsp3) is 0.0312. The van der Waals surface area contributed by atoms with Crippen LogP contribution in [-0.4, -0.2) is 28.5 Å². The van der Waals surface area contributed by atoms with Crippen molar-refractivity contribution in [3.63, 3.8) is 0 Å². The van der Waals surface area contributed by atoms with Crippen molar-refractivity contribution in [1.29, 1.82) is 0 Å². The minimum absolute atomic E-state index is 0.125. The molecular formula is C32H25FN4O3S. The van der Waals surface area contributed by atoms with Gasteiger partial charge in [-0.15, -0.1) is 11.8 Å². The fourth-order valence-corrected chi connectivity index (χ4v) is 4.78. The molecule has 0 atom stereocenters. The minimum atomic E-state index is -0.628. The van der Waals surface area contributed by atoms with Gasteiger partial charge in [-0.1, -0.05) is 48.5 Å². The second-order valence-corrected chi connectivity index (χ2v) is 10.0. The third kappa shape index (κ3) is 7.28. The molecular weight excluding hydrogens is 539 g/mol. The van der Waals surface area contributed by atoms with Crippen LogP contribution in [0.25, 0.3) is 17.0 Å². The molecule has 1 aromatic heterocycles. The van der Waals surface area contributed by atoms with Gasteiger partial charge >= 0.3 is 0 Å². The Balaban J connectivity index is 1.26. The number of nitrogens with one attached hydrogen (secondary N) is 4. The number of H-pyrrole nitrogens is 1. The molecule has 9 heteroatoms. The topological polar surface area (TPSA) is 103 Å². The lowest BCUT2D eigenvalue weighted by Crippen LogP contribution is -2.30. The van der Waals surface area contributed by atoms with Gasteiger partial charge in [-0.25, -0.2) is 4.39 Å². The van der Waals surface area contributed by atoms with Crippen molar-refractivity contribution in [3.05, 3.63) is 132 Å². The third-order valence-electron chi connectivity index (χ3n) is 6.03. The Labute approximate surface area is 239 Å². The number of amides is 3. The maximum atomic E-state index is 14.4. The van der Waals surface area contributed by atoms with Gasteiger partial charge in [0.1, 0.15) is 11.5 Å². The molecule has 3 amide bonds. The monoisotopic (exact) mass is 564 g/mol. The molecule has 5 rings (SSSR count). The minimum Gasteiger partial charge on any atom is -0.361 e. The normalized spacial score (nSPS) is 11.2. The Hall–Kier alpha value is -5.15. The van der Waals surface area contributed by atoms with Crippen molar-refractivity contribution < 1.29 is 18.8 Å². The van der Waals surface area contributed by atoms with Gasteiger partial charge in [0.2, 0.25) is 5.91 Å². The molecule has 0 saturated carbocycles. The van der Waals surface area contributed by atoms with E-state index in [0.29, 0.717) is 16.9 Å². The zero-order chi connectivity index (χ0) is 28.6. The van der Waals surface area contributed by atoms with Crippen LogP contribution in [0.15, 0.2) is 120 Å². The summed E-state index contributed by atoms with van der Waals surface area (Å²) in [4.78, 5) is 42.5. The number of anilines is 2. The number of hydrogen-bond donors (Lipinski definition) is 4. The highest BCUT2D eigenvalue weighted by atomic mass is 32.2. The number of hydrogen-bond acceptors (Lipinski definition) is 4. The molecule has 41 heavy (non-hydrogen) atoms. The number of carbonyl (C=O) groups excluding carboxylic acids is 3. The maximum absolute atomic E-state index is 14.4. The highest BCUT2D eigenvalue weighted by molar-refractivity contribution is 8.00. The lowest BCUT2D eigenvalue weighted by atomic mass is 10.1. The Morgan fingerprint density at radius 3 is 2.41 bits per heavy atom. The van der Waals surface area contributed by atoms with Gasteiger partial charge in [-0.3, -0.25) is 14.4 Å². The summed E-state index contributed by atoms with van der Waals surface area (Å²) in [5, 5.41) is 9.30. The number of aromatic nitrogens is 1. The molecule has 4 N–H and O–H groups in total. The zero-order valence-electron chi connectivity index (χ0n) is 21.7. The molecule has 5 aromatic rings. The van der Waals surface area contributed by atoms with Crippen LogP contribution in [0.3, 0.4) is 0 Å². The Bertz CT molecular complexity index is 1750. The van der Waals surface area contributed by atoms with E-state index in [0.717, 1.165) is 15.8 Å². The molecule has 1 heterocycles. The van der Waals surface area contributed by atoms with Crippen molar-refractivity contribution in [2.75, 3.05) is 16.4 Å². The van der Waals surface area contributed by atoms with E-state index < -0.39 is 17.6 Å². The molecule has 0 aliphatic heterocycles. The average Bonchev–Trinajstić information content (AvgIpc) is 3.45. The fourth-order valence-electron chi connectivity index (χ4n) is 4.02. The van der Waals surface area contributed by atoms with Crippen molar-refractivity contribution in [2.45, 2.75) is 4.90 Å². The smallest absolute Gasteiger partial charge is 0.272 e. The standard InChI is InChI=1S/C32H25FN4O3S/c33-27-12-5-4-9-23(27)17-29(37-31(39)22-7-2-1-3-8-22)32(40)36-24-10-6-11-26(18-24)41-20-30(38)35-25-14-13-21-15-16-34-28(21)19-25/h1-19,34H,20H2,(H,35,38)(H,36,40)(H,37,39)/b29-17-. The van der Waals surface area contributed by atoms with Gasteiger partial charge < -0.3 is 20.9 Å². The van der Waals surface area contributed by atoms with Crippen molar-refractivity contribution in [2.24, 2.45) is 0 Å². The first-order valence-electron chi connectivity index (χ1n) is 12.7. The van der Waals surface area contributed by atoms with Gasteiger partial charge in [0.25, 0.3) is 11.8 Å². The summed E-state index contributed by atoms with van der Waals surface area (Å²) in [5.74, 6) is -1.68. The van der Waals surface area contributed by atoms with Crippen LogP contribution in [0.4, 0.5) is 15.8 Å². The van der Waals surface area contributed by atoms with Crippen LogP contribution in [0.2, 0.25) is 0 Å². The number of halogens is 1. The first-order valence-corrected chi connectivity index (χ1v) is 13.7. The van der Waals surface area contributed by atoms with Crippen LogP contribution in [0, 0.1) is 5.82 Å². The van der Waals surface area contributed by atoms with Crippen LogP contribution >= 0.6 is 11.8 Å². The van der Waals surface area contributed by atoms with E-state index in [4.69, 9.17) is 0 Å². The van der Waals surface area contributed by atoms with E-state index >= 15 is 0 Å². The summed E-state index contributed by atoms with van der Waals surface area (Å²) in [7, 11) is 0. The number of benzene rings is 4.